The van der Waals surface area contributed by atoms with E-state index in [1.54, 1.807) is 6.20 Å². The van der Waals surface area contributed by atoms with E-state index in [-0.39, 0.29) is 6.54 Å². The van der Waals surface area contributed by atoms with Crippen molar-refractivity contribution in [3.63, 3.8) is 0 Å². The quantitative estimate of drug-likeness (QED) is 0.844. The lowest BCUT2D eigenvalue weighted by molar-refractivity contribution is -0.306. The molecule has 2 aromatic rings. The Morgan fingerprint density at radius 3 is 2.69 bits per heavy atom. The fourth-order valence-corrected chi connectivity index (χ4v) is 1.63. The van der Waals surface area contributed by atoms with Crippen LogP contribution in [-0.2, 0) is 11.3 Å². The highest BCUT2D eigenvalue weighted by Crippen LogP contribution is 2.19. The summed E-state index contributed by atoms with van der Waals surface area (Å²) in [6, 6.07) is 7.64. The van der Waals surface area contributed by atoms with Gasteiger partial charge in [0, 0.05) is 16.2 Å². The molecule has 0 saturated carbocycles. The highest BCUT2D eigenvalue weighted by molar-refractivity contribution is 9.10. The normalized spacial score (nSPS) is 10.3. The number of rotatable bonds is 3. The molecule has 2 rings (SSSR count). The second kappa shape index (κ2) is 4.49. The van der Waals surface area contributed by atoms with Gasteiger partial charge in [-0.2, -0.15) is 0 Å². The number of hydrogen-bond donors (Lipinski definition) is 0. The van der Waals surface area contributed by atoms with Gasteiger partial charge >= 0.3 is 0 Å². The third-order valence-electron chi connectivity index (χ3n) is 2.08. The van der Waals surface area contributed by atoms with Crippen molar-refractivity contribution in [2.75, 3.05) is 0 Å². The monoisotopic (exact) mass is 279 g/mol. The lowest BCUT2D eigenvalue weighted by Gasteiger charge is -2.01. The smallest absolute Gasteiger partial charge is 0.0957 e. The Balaban J connectivity index is 2.24. The number of carboxylic acids is 1. The maximum absolute atomic E-state index is 10.4. The molecule has 0 saturated heterocycles. The van der Waals surface area contributed by atoms with E-state index in [2.05, 4.69) is 20.9 Å². The summed E-state index contributed by atoms with van der Waals surface area (Å²) in [5.41, 5.74) is 1.69. The fraction of sp³-hybridized carbons (Fsp3) is 0.0909. The van der Waals surface area contributed by atoms with E-state index in [9.17, 15) is 9.90 Å². The summed E-state index contributed by atoms with van der Waals surface area (Å²) >= 11 is 3.34. The average Bonchev–Trinajstić information content (AvgIpc) is 2.66. The minimum Gasteiger partial charge on any atom is -0.548 e. The van der Waals surface area contributed by atoms with Crippen molar-refractivity contribution in [3.05, 3.63) is 41.3 Å². The summed E-state index contributed by atoms with van der Waals surface area (Å²) in [7, 11) is 0. The number of nitrogens with zero attached hydrogens (tertiary/aromatic N) is 2. The van der Waals surface area contributed by atoms with Gasteiger partial charge in [-0.05, 0) is 12.1 Å². The van der Waals surface area contributed by atoms with Gasteiger partial charge in [0.05, 0.1) is 24.5 Å². The number of aromatic nitrogens is 2. The standard InChI is InChI=1S/C11H9BrN2O2/c12-9-3-1-8(2-4-9)10-5-14(7-13-10)6-11(15)16/h1-5,7H,6H2,(H,15,16)/p-1. The Morgan fingerprint density at radius 1 is 1.38 bits per heavy atom. The van der Waals surface area contributed by atoms with Gasteiger partial charge in [0.1, 0.15) is 0 Å². The molecule has 1 aromatic heterocycles. The molecule has 0 N–H and O–H groups in total. The van der Waals surface area contributed by atoms with E-state index in [4.69, 9.17) is 0 Å². The summed E-state index contributed by atoms with van der Waals surface area (Å²) in [4.78, 5) is 14.5. The highest BCUT2D eigenvalue weighted by Gasteiger charge is 2.01. The first-order chi connectivity index (χ1) is 7.65. The van der Waals surface area contributed by atoms with Crippen molar-refractivity contribution >= 4 is 21.9 Å². The predicted molar refractivity (Wildman–Crippen MR) is 60.4 cm³/mol. The Kier molecular flexibility index (Phi) is 3.05. The first kappa shape index (κ1) is 10.9. The fourth-order valence-electron chi connectivity index (χ4n) is 1.37. The summed E-state index contributed by atoms with van der Waals surface area (Å²) in [5.74, 6) is -1.13. The number of carbonyl (C=O) groups is 1. The zero-order valence-corrected chi connectivity index (χ0v) is 9.85. The van der Waals surface area contributed by atoms with Gasteiger partial charge in [0.2, 0.25) is 0 Å². The average molecular weight is 280 g/mol. The van der Waals surface area contributed by atoms with Gasteiger partial charge in [0.25, 0.3) is 0 Å². The number of benzene rings is 1. The van der Waals surface area contributed by atoms with Gasteiger partial charge in [-0.1, -0.05) is 28.1 Å². The van der Waals surface area contributed by atoms with E-state index >= 15 is 0 Å². The number of imidazole rings is 1. The topological polar surface area (TPSA) is 57.9 Å². The van der Waals surface area contributed by atoms with E-state index in [0.29, 0.717) is 0 Å². The Hall–Kier alpha value is -1.62. The van der Waals surface area contributed by atoms with Crippen LogP contribution >= 0.6 is 15.9 Å². The van der Waals surface area contributed by atoms with Crippen molar-refractivity contribution in [3.8, 4) is 11.3 Å². The molecular formula is C11H8BrN2O2-. The molecule has 0 bridgehead atoms. The molecule has 82 valence electrons. The van der Waals surface area contributed by atoms with Gasteiger partial charge < -0.3 is 14.5 Å². The SMILES string of the molecule is O=C([O-])Cn1cnc(-c2ccc(Br)cc2)c1. The van der Waals surface area contributed by atoms with Gasteiger partial charge in [0.15, 0.2) is 0 Å². The van der Waals surface area contributed by atoms with Crippen LogP contribution in [0.25, 0.3) is 11.3 Å². The van der Waals surface area contributed by atoms with Crippen LogP contribution in [-0.4, -0.2) is 15.5 Å². The minimum atomic E-state index is -1.13. The molecular weight excluding hydrogens is 272 g/mol. The van der Waals surface area contributed by atoms with Crippen molar-refractivity contribution in [1.29, 1.82) is 0 Å². The number of halogens is 1. The molecule has 1 heterocycles. The summed E-state index contributed by atoms with van der Waals surface area (Å²) in [5, 5.41) is 10.4. The third kappa shape index (κ3) is 2.49. The molecule has 0 fully saturated rings. The second-order valence-electron chi connectivity index (χ2n) is 3.31. The molecule has 16 heavy (non-hydrogen) atoms. The maximum Gasteiger partial charge on any atom is 0.0957 e. The first-order valence-corrected chi connectivity index (χ1v) is 5.42. The molecule has 0 amide bonds. The van der Waals surface area contributed by atoms with Crippen LogP contribution in [0, 0.1) is 0 Å². The van der Waals surface area contributed by atoms with Gasteiger partial charge in [-0.15, -0.1) is 0 Å². The summed E-state index contributed by atoms with van der Waals surface area (Å²) in [6.45, 7) is -0.177. The van der Waals surface area contributed by atoms with Crippen LogP contribution in [0.3, 0.4) is 0 Å². The third-order valence-corrected chi connectivity index (χ3v) is 2.61. The molecule has 0 radical (unpaired) electrons. The van der Waals surface area contributed by atoms with Crippen molar-refractivity contribution in [2.45, 2.75) is 6.54 Å². The molecule has 0 unspecified atom stereocenters. The first-order valence-electron chi connectivity index (χ1n) is 4.63. The zero-order valence-electron chi connectivity index (χ0n) is 8.26. The van der Waals surface area contributed by atoms with Crippen LogP contribution in [0.4, 0.5) is 0 Å². The van der Waals surface area contributed by atoms with Crippen LogP contribution in [0.15, 0.2) is 41.3 Å². The molecule has 4 nitrogen and oxygen atoms in total. The van der Waals surface area contributed by atoms with E-state index in [1.807, 2.05) is 24.3 Å². The van der Waals surface area contributed by atoms with Crippen molar-refractivity contribution < 1.29 is 9.90 Å². The molecule has 0 aliphatic rings. The van der Waals surface area contributed by atoms with Crippen LogP contribution in [0.2, 0.25) is 0 Å². The molecule has 0 aliphatic heterocycles. The van der Waals surface area contributed by atoms with E-state index in [1.165, 1.54) is 10.9 Å². The van der Waals surface area contributed by atoms with Gasteiger partial charge in [-0.3, -0.25) is 0 Å². The van der Waals surface area contributed by atoms with Crippen molar-refractivity contribution in [1.82, 2.24) is 9.55 Å². The molecule has 1 aromatic carbocycles. The van der Waals surface area contributed by atoms with E-state index < -0.39 is 5.97 Å². The van der Waals surface area contributed by atoms with Crippen LogP contribution in [0.5, 0.6) is 0 Å². The lowest BCUT2D eigenvalue weighted by Crippen LogP contribution is -2.26. The number of aliphatic carboxylic acids is 1. The largest absolute Gasteiger partial charge is 0.548 e. The maximum atomic E-state index is 10.4. The molecule has 5 heteroatoms. The van der Waals surface area contributed by atoms with Gasteiger partial charge in [-0.25, -0.2) is 4.98 Å². The molecule has 0 aliphatic carbocycles. The molecule has 0 spiro atoms. The Labute approximate surface area is 101 Å². The highest BCUT2D eigenvalue weighted by atomic mass is 79.9. The number of carbonyl (C=O) groups excluding carboxylic acids is 1. The van der Waals surface area contributed by atoms with Crippen LogP contribution in [0.1, 0.15) is 0 Å². The summed E-state index contributed by atoms with van der Waals surface area (Å²) < 4.78 is 2.47. The Morgan fingerprint density at radius 2 is 2.06 bits per heavy atom. The van der Waals surface area contributed by atoms with Crippen molar-refractivity contribution in [2.24, 2.45) is 0 Å². The number of hydrogen-bond acceptors (Lipinski definition) is 3. The second-order valence-corrected chi connectivity index (χ2v) is 4.23. The molecule has 0 atom stereocenters. The van der Waals surface area contributed by atoms with Crippen LogP contribution < -0.4 is 5.11 Å². The van der Waals surface area contributed by atoms with E-state index in [0.717, 1.165) is 15.7 Å². The zero-order chi connectivity index (χ0) is 11.5. The Bertz CT molecular complexity index is 505. The number of carboxylic acid groups (broad SMARTS) is 1. The predicted octanol–water partition coefficient (Wildman–Crippen LogP) is 1.06. The lowest BCUT2D eigenvalue weighted by atomic mass is 10.2. The minimum absolute atomic E-state index is 0.177. The summed E-state index contributed by atoms with van der Waals surface area (Å²) in [6.07, 6.45) is 3.16.